The minimum atomic E-state index is -4.24. The van der Waals surface area contributed by atoms with Crippen LogP contribution in [-0.2, 0) is 6.18 Å². The van der Waals surface area contributed by atoms with Crippen molar-refractivity contribution in [1.29, 1.82) is 0 Å². The fraction of sp³-hybridized carbons (Fsp3) is 0.333. The molecule has 0 saturated carbocycles. The monoisotopic (exact) mass is 246 g/mol. The summed E-state index contributed by atoms with van der Waals surface area (Å²) in [6.45, 7) is 4.20. The highest BCUT2D eigenvalue weighted by Crippen LogP contribution is 2.50. The van der Waals surface area contributed by atoms with E-state index in [9.17, 15) is 13.2 Å². The van der Waals surface area contributed by atoms with Gasteiger partial charge >= 0.3 is 6.18 Å². The van der Waals surface area contributed by atoms with E-state index in [2.05, 4.69) is 13.8 Å². The molecule has 1 atom stereocenters. The molecule has 1 aromatic carbocycles. The van der Waals surface area contributed by atoms with Crippen molar-refractivity contribution in [2.75, 3.05) is 0 Å². The standard InChI is InChI=1S/C12H13F3S/c1-8(2)16-6-5-9-7-10(12(13,14)15)3-4-11(9)16/h3-8,16H,1-2H3. The van der Waals surface area contributed by atoms with Gasteiger partial charge in [0.25, 0.3) is 0 Å². The third-order valence-corrected chi connectivity index (χ3v) is 5.15. The van der Waals surface area contributed by atoms with Crippen LogP contribution in [0.3, 0.4) is 0 Å². The minimum Gasteiger partial charge on any atom is -0.204 e. The molecule has 1 heterocycles. The Morgan fingerprint density at radius 1 is 1.19 bits per heavy atom. The van der Waals surface area contributed by atoms with Gasteiger partial charge < -0.3 is 0 Å². The van der Waals surface area contributed by atoms with E-state index in [-0.39, 0.29) is 0 Å². The van der Waals surface area contributed by atoms with Gasteiger partial charge in [-0.15, -0.1) is 0 Å². The zero-order valence-electron chi connectivity index (χ0n) is 9.05. The SMILES string of the molecule is CC(C)[SH]1C=Cc2cc(C(F)(F)F)ccc21. The van der Waals surface area contributed by atoms with Gasteiger partial charge in [0.1, 0.15) is 0 Å². The molecule has 1 aliphatic rings. The second kappa shape index (κ2) is 3.84. The molecule has 0 aromatic heterocycles. The second-order valence-corrected chi connectivity index (χ2v) is 6.72. The maximum Gasteiger partial charge on any atom is 0.416 e. The van der Waals surface area contributed by atoms with E-state index >= 15 is 0 Å². The van der Waals surface area contributed by atoms with Crippen LogP contribution < -0.4 is 0 Å². The van der Waals surface area contributed by atoms with Crippen molar-refractivity contribution in [3.63, 3.8) is 0 Å². The third kappa shape index (κ3) is 1.98. The van der Waals surface area contributed by atoms with E-state index in [0.29, 0.717) is 5.25 Å². The molecule has 0 N–H and O–H groups in total. The highest BCUT2D eigenvalue weighted by atomic mass is 32.2. The second-order valence-electron chi connectivity index (χ2n) is 4.09. The number of alkyl halides is 3. The normalized spacial score (nSPS) is 21.5. The Bertz CT molecular complexity index is 432. The van der Waals surface area contributed by atoms with Crippen molar-refractivity contribution in [3.05, 3.63) is 34.7 Å². The lowest BCUT2D eigenvalue weighted by atomic mass is 10.1. The third-order valence-electron chi connectivity index (χ3n) is 2.60. The minimum absolute atomic E-state index is 0.416. The maximum atomic E-state index is 12.5. The fourth-order valence-corrected chi connectivity index (χ4v) is 3.86. The van der Waals surface area contributed by atoms with E-state index in [1.807, 2.05) is 11.5 Å². The molecule has 0 fully saturated rings. The van der Waals surface area contributed by atoms with E-state index in [1.165, 1.54) is 12.1 Å². The number of hydrogen-bond donors (Lipinski definition) is 1. The first-order valence-electron chi connectivity index (χ1n) is 5.07. The average Bonchev–Trinajstić information content (AvgIpc) is 2.58. The Morgan fingerprint density at radius 3 is 2.44 bits per heavy atom. The van der Waals surface area contributed by atoms with Gasteiger partial charge in [-0.05, 0) is 45.4 Å². The molecule has 88 valence electrons. The van der Waals surface area contributed by atoms with Crippen LogP contribution in [0.1, 0.15) is 25.0 Å². The summed E-state index contributed by atoms with van der Waals surface area (Å²) in [6.07, 6.45) is -2.43. The molecule has 0 radical (unpaired) electrons. The Balaban J connectivity index is 2.41. The lowest BCUT2D eigenvalue weighted by Gasteiger charge is -2.20. The summed E-state index contributed by atoms with van der Waals surface area (Å²) in [5.74, 6) is 0. The van der Waals surface area contributed by atoms with Crippen LogP contribution in [0, 0.1) is 0 Å². The lowest BCUT2D eigenvalue weighted by molar-refractivity contribution is -0.137. The van der Waals surface area contributed by atoms with Gasteiger partial charge in [0.05, 0.1) is 5.56 Å². The Kier molecular flexibility index (Phi) is 2.78. The Labute approximate surface area is 95.5 Å². The molecule has 1 aliphatic heterocycles. The van der Waals surface area contributed by atoms with Gasteiger partial charge in [0.2, 0.25) is 0 Å². The molecule has 1 unspecified atom stereocenters. The van der Waals surface area contributed by atoms with Crippen molar-refractivity contribution in [2.45, 2.75) is 30.2 Å². The number of thiol groups is 1. The van der Waals surface area contributed by atoms with Crippen LogP contribution >= 0.6 is 10.9 Å². The van der Waals surface area contributed by atoms with Gasteiger partial charge in [-0.2, -0.15) is 13.2 Å². The summed E-state index contributed by atoms with van der Waals surface area (Å²) in [7, 11) is -0.416. The van der Waals surface area contributed by atoms with E-state index in [4.69, 9.17) is 0 Å². The molecule has 16 heavy (non-hydrogen) atoms. The summed E-state index contributed by atoms with van der Waals surface area (Å²) in [4.78, 5) is 1.07. The van der Waals surface area contributed by atoms with Gasteiger partial charge in [-0.3, -0.25) is 0 Å². The van der Waals surface area contributed by atoms with E-state index < -0.39 is 22.6 Å². The first-order chi connectivity index (χ1) is 7.39. The van der Waals surface area contributed by atoms with Crippen molar-refractivity contribution in [3.8, 4) is 0 Å². The molecule has 1 aromatic rings. The van der Waals surface area contributed by atoms with E-state index in [0.717, 1.165) is 10.5 Å². The van der Waals surface area contributed by atoms with Crippen molar-refractivity contribution in [1.82, 2.24) is 0 Å². The van der Waals surface area contributed by atoms with Gasteiger partial charge in [-0.1, -0.05) is 13.8 Å². The van der Waals surface area contributed by atoms with Crippen LogP contribution in [0.25, 0.3) is 6.08 Å². The lowest BCUT2D eigenvalue weighted by Crippen LogP contribution is -2.05. The van der Waals surface area contributed by atoms with Gasteiger partial charge in [-0.25, -0.2) is 10.9 Å². The summed E-state index contributed by atoms with van der Waals surface area (Å²) >= 11 is 0. The summed E-state index contributed by atoms with van der Waals surface area (Å²) < 4.78 is 37.5. The predicted molar refractivity (Wildman–Crippen MR) is 62.9 cm³/mol. The molecule has 0 spiro atoms. The zero-order chi connectivity index (χ0) is 11.9. The number of rotatable bonds is 1. The maximum absolute atomic E-state index is 12.5. The molecule has 0 bridgehead atoms. The van der Waals surface area contributed by atoms with Crippen molar-refractivity contribution >= 4 is 17.0 Å². The summed E-state index contributed by atoms with van der Waals surface area (Å²) in [6, 6.07) is 4.06. The topological polar surface area (TPSA) is 0 Å². The van der Waals surface area contributed by atoms with Crippen molar-refractivity contribution < 1.29 is 13.2 Å². The Morgan fingerprint density at radius 2 is 1.88 bits per heavy atom. The van der Waals surface area contributed by atoms with Gasteiger partial charge in [0.15, 0.2) is 0 Å². The molecule has 4 heteroatoms. The Hall–Kier alpha value is -0.900. The van der Waals surface area contributed by atoms with Crippen LogP contribution in [0.4, 0.5) is 13.2 Å². The van der Waals surface area contributed by atoms with E-state index in [1.54, 1.807) is 6.07 Å². The predicted octanol–water partition coefficient (Wildman–Crippen LogP) is 4.46. The molecule has 0 aliphatic carbocycles. The first-order valence-corrected chi connectivity index (χ1v) is 6.55. The smallest absolute Gasteiger partial charge is 0.204 e. The zero-order valence-corrected chi connectivity index (χ0v) is 9.94. The molecule has 0 saturated heterocycles. The molecule has 0 amide bonds. The molecular formula is C12H13F3S. The largest absolute Gasteiger partial charge is 0.416 e. The molecular weight excluding hydrogens is 233 g/mol. The highest BCUT2D eigenvalue weighted by molar-refractivity contribution is 8.20. The highest BCUT2D eigenvalue weighted by Gasteiger charge is 2.31. The number of benzene rings is 1. The summed E-state index contributed by atoms with van der Waals surface area (Å²) in [5, 5.41) is 2.52. The number of hydrogen-bond acceptors (Lipinski definition) is 0. The van der Waals surface area contributed by atoms with Gasteiger partial charge in [0, 0.05) is 0 Å². The average molecular weight is 246 g/mol. The first kappa shape index (κ1) is 11.6. The van der Waals surface area contributed by atoms with Crippen LogP contribution in [0.2, 0.25) is 0 Å². The van der Waals surface area contributed by atoms with Crippen LogP contribution in [0.5, 0.6) is 0 Å². The number of halogens is 3. The van der Waals surface area contributed by atoms with Crippen LogP contribution in [-0.4, -0.2) is 5.25 Å². The van der Waals surface area contributed by atoms with Crippen molar-refractivity contribution in [2.24, 2.45) is 0 Å². The summed E-state index contributed by atoms with van der Waals surface area (Å²) in [5.41, 5.74) is 0.172. The number of fused-ring (bicyclic) bond motifs is 1. The molecule has 0 nitrogen and oxygen atoms in total. The molecule has 2 rings (SSSR count). The van der Waals surface area contributed by atoms with Crippen LogP contribution in [0.15, 0.2) is 28.5 Å². The fourth-order valence-electron chi connectivity index (χ4n) is 1.79. The quantitative estimate of drug-likeness (QED) is 0.695.